The molecule has 0 aromatic carbocycles. The lowest BCUT2D eigenvalue weighted by atomic mass is 10.4. The van der Waals surface area contributed by atoms with Crippen LogP contribution < -0.4 is 5.73 Å². The van der Waals surface area contributed by atoms with E-state index in [2.05, 4.69) is 20.1 Å². The third kappa shape index (κ3) is 1.94. The van der Waals surface area contributed by atoms with Gasteiger partial charge in [-0.25, -0.2) is 4.98 Å². The predicted octanol–water partition coefficient (Wildman–Crippen LogP) is 2.08. The molecule has 0 atom stereocenters. The summed E-state index contributed by atoms with van der Waals surface area (Å²) in [4.78, 5) is 14.4. The topological polar surface area (TPSA) is 90.7 Å². The molecular weight excluding hydrogens is 270 g/mol. The highest BCUT2D eigenvalue weighted by Crippen LogP contribution is 2.30. The molecule has 0 fully saturated rings. The van der Waals surface area contributed by atoms with Gasteiger partial charge >= 0.3 is 0 Å². The molecule has 8 heteroatoms. The fraction of sp³-hybridized carbons (Fsp3) is 0.200. The van der Waals surface area contributed by atoms with Crippen molar-refractivity contribution in [1.29, 1.82) is 0 Å². The Kier molecular flexibility index (Phi) is 2.90. The molecule has 0 aliphatic rings. The first-order valence-electron chi connectivity index (χ1n) is 5.17. The minimum absolute atomic E-state index is 0.418. The van der Waals surface area contributed by atoms with E-state index in [-0.39, 0.29) is 0 Å². The molecule has 2 N–H and O–H groups in total. The van der Waals surface area contributed by atoms with Crippen LogP contribution in [0.25, 0.3) is 21.5 Å². The highest BCUT2D eigenvalue weighted by molar-refractivity contribution is 7.15. The first kappa shape index (κ1) is 11.5. The molecule has 3 aromatic rings. The van der Waals surface area contributed by atoms with Crippen molar-refractivity contribution in [2.45, 2.75) is 13.5 Å². The molecule has 6 nitrogen and oxygen atoms in total. The Morgan fingerprint density at radius 3 is 2.94 bits per heavy atom. The van der Waals surface area contributed by atoms with Crippen LogP contribution in [0.4, 0.5) is 0 Å². The standard InChI is InChI=1S/C10H9N5OS2/c1-5-8(18-7(2-11)13-5)10-14-9(15-16-10)6-3-12-4-17-6/h3-4H,2,11H2,1H3. The Hall–Kier alpha value is -1.64. The second-order valence-electron chi connectivity index (χ2n) is 3.52. The second kappa shape index (κ2) is 4.56. The first-order valence-corrected chi connectivity index (χ1v) is 6.87. The molecular formula is C10H9N5OS2. The van der Waals surface area contributed by atoms with Gasteiger partial charge in [0.15, 0.2) is 0 Å². The summed E-state index contributed by atoms with van der Waals surface area (Å²) in [6, 6.07) is 0. The van der Waals surface area contributed by atoms with E-state index in [1.165, 1.54) is 22.7 Å². The van der Waals surface area contributed by atoms with Crippen LogP contribution in [0, 0.1) is 6.92 Å². The molecule has 0 saturated heterocycles. The van der Waals surface area contributed by atoms with Crippen molar-refractivity contribution in [3.8, 4) is 21.5 Å². The van der Waals surface area contributed by atoms with Gasteiger partial charge in [-0.15, -0.1) is 22.7 Å². The van der Waals surface area contributed by atoms with Crippen molar-refractivity contribution in [2.75, 3.05) is 0 Å². The lowest BCUT2D eigenvalue weighted by Crippen LogP contribution is -1.94. The summed E-state index contributed by atoms with van der Waals surface area (Å²) in [5.74, 6) is 1.03. The Labute approximate surface area is 111 Å². The van der Waals surface area contributed by atoms with E-state index in [9.17, 15) is 0 Å². The third-order valence-corrected chi connectivity index (χ3v) is 4.23. The van der Waals surface area contributed by atoms with Crippen molar-refractivity contribution < 1.29 is 4.52 Å². The van der Waals surface area contributed by atoms with Crippen LogP contribution in [-0.2, 0) is 6.54 Å². The second-order valence-corrected chi connectivity index (χ2v) is 5.49. The van der Waals surface area contributed by atoms with Gasteiger partial charge in [0.25, 0.3) is 5.89 Å². The van der Waals surface area contributed by atoms with E-state index >= 15 is 0 Å². The maximum absolute atomic E-state index is 5.57. The van der Waals surface area contributed by atoms with Gasteiger partial charge in [0.05, 0.1) is 16.1 Å². The van der Waals surface area contributed by atoms with Crippen LogP contribution in [0.1, 0.15) is 10.7 Å². The zero-order valence-electron chi connectivity index (χ0n) is 9.45. The Bertz CT molecular complexity index is 658. The van der Waals surface area contributed by atoms with Crippen LogP contribution in [0.3, 0.4) is 0 Å². The number of aromatic nitrogens is 4. The molecule has 0 aliphatic heterocycles. The van der Waals surface area contributed by atoms with E-state index in [0.717, 1.165) is 20.5 Å². The number of nitrogens with zero attached hydrogens (tertiary/aromatic N) is 4. The van der Waals surface area contributed by atoms with Gasteiger partial charge in [-0.3, -0.25) is 4.98 Å². The highest BCUT2D eigenvalue weighted by Gasteiger charge is 2.17. The van der Waals surface area contributed by atoms with Gasteiger partial charge in [0, 0.05) is 12.7 Å². The summed E-state index contributed by atoms with van der Waals surface area (Å²) in [6.45, 7) is 2.32. The molecule has 92 valence electrons. The number of hydrogen-bond donors (Lipinski definition) is 1. The van der Waals surface area contributed by atoms with E-state index in [1.807, 2.05) is 6.92 Å². The lowest BCUT2D eigenvalue weighted by molar-refractivity contribution is 0.433. The number of thiazole rings is 2. The Morgan fingerprint density at radius 1 is 1.39 bits per heavy atom. The molecule has 3 heterocycles. The Balaban J connectivity index is 2.00. The largest absolute Gasteiger partial charge is 0.333 e. The van der Waals surface area contributed by atoms with Crippen molar-refractivity contribution in [2.24, 2.45) is 5.73 Å². The fourth-order valence-electron chi connectivity index (χ4n) is 1.48. The van der Waals surface area contributed by atoms with Crippen LogP contribution in [0.2, 0.25) is 0 Å². The van der Waals surface area contributed by atoms with E-state index in [0.29, 0.717) is 18.3 Å². The fourth-order valence-corrected chi connectivity index (χ4v) is 2.89. The summed E-state index contributed by atoms with van der Waals surface area (Å²) in [6.07, 6.45) is 1.71. The van der Waals surface area contributed by atoms with Gasteiger partial charge in [-0.2, -0.15) is 4.98 Å². The molecule has 0 bridgehead atoms. The number of hydrogen-bond acceptors (Lipinski definition) is 8. The van der Waals surface area contributed by atoms with Gasteiger partial charge in [-0.05, 0) is 6.92 Å². The van der Waals surface area contributed by atoms with E-state index in [4.69, 9.17) is 10.3 Å². The molecule has 0 amide bonds. The first-order chi connectivity index (χ1) is 8.78. The van der Waals surface area contributed by atoms with E-state index in [1.54, 1.807) is 11.7 Å². The minimum Gasteiger partial charge on any atom is -0.333 e. The summed E-state index contributed by atoms with van der Waals surface area (Å²) >= 11 is 2.95. The summed E-state index contributed by atoms with van der Waals surface area (Å²) in [5.41, 5.74) is 8.16. The molecule has 0 unspecified atom stereocenters. The zero-order chi connectivity index (χ0) is 12.5. The maximum Gasteiger partial charge on any atom is 0.270 e. The van der Waals surface area contributed by atoms with Crippen molar-refractivity contribution in [3.05, 3.63) is 22.4 Å². The van der Waals surface area contributed by atoms with Gasteiger partial charge in [0.1, 0.15) is 9.88 Å². The van der Waals surface area contributed by atoms with Crippen LogP contribution >= 0.6 is 22.7 Å². The van der Waals surface area contributed by atoms with Crippen LogP contribution in [-0.4, -0.2) is 20.1 Å². The molecule has 18 heavy (non-hydrogen) atoms. The minimum atomic E-state index is 0.418. The van der Waals surface area contributed by atoms with E-state index < -0.39 is 0 Å². The van der Waals surface area contributed by atoms with Crippen molar-refractivity contribution in [3.63, 3.8) is 0 Å². The summed E-state index contributed by atoms with van der Waals surface area (Å²) < 4.78 is 5.26. The van der Waals surface area contributed by atoms with Crippen LogP contribution in [0.5, 0.6) is 0 Å². The number of aryl methyl sites for hydroxylation is 1. The average Bonchev–Trinajstić information content (AvgIpc) is 3.08. The smallest absolute Gasteiger partial charge is 0.270 e. The van der Waals surface area contributed by atoms with Crippen molar-refractivity contribution >= 4 is 22.7 Å². The molecule has 0 aliphatic carbocycles. The zero-order valence-corrected chi connectivity index (χ0v) is 11.1. The van der Waals surface area contributed by atoms with Gasteiger partial charge in [-0.1, -0.05) is 5.16 Å². The molecule has 0 radical (unpaired) electrons. The molecule has 3 rings (SSSR count). The third-order valence-electron chi connectivity index (χ3n) is 2.29. The average molecular weight is 279 g/mol. The maximum atomic E-state index is 5.57. The summed E-state index contributed by atoms with van der Waals surface area (Å²) in [5, 5.41) is 4.80. The van der Waals surface area contributed by atoms with Gasteiger partial charge in [0.2, 0.25) is 5.82 Å². The summed E-state index contributed by atoms with van der Waals surface area (Å²) in [7, 11) is 0. The highest BCUT2D eigenvalue weighted by atomic mass is 32.1. The number of rotatable bonds is 3. The quantitative estimate of drug-likeness (QED) is 0.789. The monoisotopic (exact) mass is 279 g/mol. The Morgan fingerprint density at radius 2 is 2.28 bits per heavy atom. The molecule has 3 aromatic heterocycles. The number of nitrogens with two attached hydrogens (primary N) is 1. The lowest BCUT2D eigenvalue weighted by Gasteiger charge is -1.86. The SMILES string of the molecule is Cc1nc(CN)sc1-c1nc(-c2cncs2)no1. The van der Waals surface area contributed by atoms with Crippen LogP contribution in [0.15, 0.2) is 16.2 Å². The van der Waals surface area contributed by atoms with Gasteiger partial charge < -0.3 is 10.3 Å². The molecule has 0 spiro atoms. The normalized spacial score (nSPS) is 11.0. The predicted molar refractivity (Wildman–Crippen MR) is 69.1 cm³/mol. The van der Waals surface area contributed by atoms with Crippen molar-refractivity contribution in [1.82, 2.24) is 20.1 Å². The molecule has 0 saturated carbocycles.